The minimum atomic E-state index is 0.655. The Morgan fingerprint density at radius 1 is 1.06 bits per heavy atom. The van der Waals surface area contributed by atoms with E-state index >= 15 is 0 Å². The summed E-state index contributed by atoms with van der Waals surface area (Å²) in [7, 11) is 1.64. The molecule has 3 nitrogen and oxygen atoms in total. The quantitative estimate of drug-likeness (QED) is 0.501. The molecule has 0 atom stereocenters. The van der Waals surface area contributed by atoms with Crippen LogP contribution in [0, 0.1) is 0 Å². The topological polar surface area (TPSA) is 35.5 Å². The minimum absolute atomic E-state index is 0.655. The largest absolute Gasteiger partial charge is 0.497 e. The Morgan fingerprint density at radius 2 is 1.75 bits per heavy atom. The van der Waals surface area contributed by atoms with Crippen LogP contribution >= 0.6 is 0 Å². The number of methoxy groups -OCH3 is 1. The van der Waals surface area contributed by atoms with Gasteiger partial charge in [0.15, 0.2) is 0 Å². The van der Waals surface area contributed by atoms with Crippen LogP contribution in [0.25, 0.3) is 0 Å². The third-order valence-corrected chi connectivity index (χ3v) is 2.29. The van der Waals surface area contributed by atoms with Crippen LogP contribution in [-0.2, 0) is 4.79 Å². The summed E-state index contributed by atoms with van der Waals surface area (Å²) in [6.45, 7) is 0.700. The van der Waals surface area contributed by atoms with Crippen LogP contribution in [-0.4, -0.2) is 20.0 Å². The van der Waals surface area contributed by atoms with Gasteiger partial charge in [-0.1, -0.05) is 0 Å². The van der Waals surface area contributed by atoms with Crippen molar-refractivity contribution in [1.82, 2.24) is 0 Å². The van der Waals surface area contributed by atoms with Gasteiger partial charge in [-0.15, -0.1) is 0 Å². The summed E-state index contributed by atoms with van der Waals surface area (Å²) >= 11 is 0. The van der Waals surface area contributed by atoms with Gasteiger partial charge in [-0.05, 0) is 43.5 Å². The summed E-state index contributed by atoms with van der Waals surface area (Å²) in [5.74, 6) is 1.69. The van der Waals surface area contributed by atoms with E-state index in [-0.39, 0.29) is 0 Å². The zero-order valence-electron chi connectivity index (χ0n) is 9.65. The second kappa shape index (κ2) is 7.74. The predicted octanol–water partition coefficient (Wildman–Crippen LogP) is 2.83. The molecule has 0 aliphatic rings. The van der Waals surface area contributed by atoms with Gasteiger partial charge >= 0.3 is 0 Å². The number of carbonyl (C=O) groups excluding carboxylic acids is 1. The van der Waals surface area contributed by atoms with Crippen LogP contribution in [0.5, 0.6) is 11.5 Å². The van der Waals surface area contributed by atoms with E-state index in [0.717, 1.165) is 37.0 Å². The summed E-state index contributed by atoms with van der Waals surface area (Å²) in [4.78, 5) is 10.1. The standard InChI is InChI=1S/C13H18O3/c1-15-12-6-8-13(9-7-12)16-11-5-3-2-4-10-14/h6-10H,2-5,11H2,1H3. The number of rotatable bonds is 8. The third kappa shape index (κ3) is 4.82. The maximum Gasteiger partial charge on any atom is 0.119 e. The number of benzene rings is 1. The SMILES string of the molecule is COc1ccc(OCCCCCC=O)cc1. The summed E-state index contributed by atoms with van der Waals surface area (Å²) in [5.41, 5.74) is 0. The molecule has 1 aromatic rings. The lowest BCUT2D eigenvalue weighted by molar-refractivity contribution is -0.107. The fourth-order valence-electron chi connectivity index (χ4n) is 1.37. The third-order valence-electron chi connectivity index (χ3n) is 2.29. The van der Waals surface area contributed by atoms with Crippen LogP contribution in [0.2, 0.25) is 0 Å². The van der Waals surface area contributed by atoms with Crippen molar-refractivity contribution in [2.24, 2.45) is 0 Å². The molecule has 0 aromatic heterocycles. The van der Waals surface area contributed by atoms with Crippen molar-refractivity contribution in [3.63, 3.8) is 0 Å². The van der Waals surface area contributed by atoms with Crippen molar-refractivity contribution >= 4 is 6.29 Å². The van der Waals surface area contributed by atoms with Gasteiger partial charge in [-0.25, -0.2) is 0 Å². The Kier molecular flexibility index (Phi) is 6.07. The smallest absolute Gasteiger partial charge is 0.119 e. The van der Waals surface area contributed by atoms with Crippen molar-refractivity contribution in [2.45, 2.75) is 25.7 Å². The Balaban J connectivity index is 2.14. The zero-order valence-corrected chi connectivity index (χ0v) is 9.65. The molecule has 0 spiro atoms. The van der Waals surface area contributed by atoms with Crippen molar-refractivity contribution in [2.75, 3.05) is 13.7 Å². The maximum atomic E-state index is 10.1. The number of unbranched alkanes of at least 4 members (excludes halogenated alkanes) is 3. The molecule has 16 heavy (non-hydrogen) atoms. The molecule has 0 bridgehead atoms. The van der Waals surface area contributed by atoms with Crippen LogP contribution in [0.3, 0.4) is 0 Å². The highest BCUT2D eigenvalue weighted by molar-refractivity contribution is 5.48. The molecule has 0 heterocycles. The minimum Gasteiger partial charge on any atom is -0.497 e. The normalized spacial score (nSPS) is 9.81. The van der Waals surface area contributed by atoms with E-state index in [2.05, 4.69) is 0 Å². The Morgan fingerprint density at radius 3 is 2.38 bits per heavy atom. The maximum absolute atomic E-state index is 10.1. The van der Waals surface area contributed by atoms with E-state index in [1.807, 2.05) is 24.3 Å². The summed E-state index contributed by atoms with van der Waals surface area (Å²) < 4.78 is 10.6. The monoisotopic (exact) mass is 222 g/mol. The van der Waals surface area contributed by atoms with E-state index in [9.17, 15) is 4.79 Å². The second-order valence-electron chi connectivity index (χ2n) is 3.54. The molecule has 1 rings (SSSR count). The van der Waals surface area contributed by atoms with Crippen molar-refractivity contribution in [1.29, 1.82) is 0 Å². The van der Waals surface area contributed by atoms with Crippen LogP contribution in [0.15, 0.2) is 24.3 Å². The van der Waals surface area contributed by atoms with Crippen molar-refractivity contribution in [3.05, 3.63) is 24.3 Å². The molecule has 0 fully saturated rings. The first-order chi connectivity index (χ1) is 7.86. The highest BCUT2D eigenvalue weighted by Gasteiger charge is 1.95. The van der Waals surface area contributed by atoms with Crippen LogP contribution < -0.4 is 9.47 Å². The molecule has 0 amide bonds. The van der Waals surface area contributed by atoms with Gasteiger partial charge in [0, 0.05) is 6.42 Å². The van der Waals surface area contributed by atoms with Crippen LogP contribution in [0.4, 0.5) is 0 Å². The highest BCUT2D eigenvalue weighted by atomic mass is 16.5. The molecule has 0 saturated heterocycles. The fourth-order valence-corrected chi connectivity index (χ4v) is 1.37. The molecule has 88 valence electrons. The number of hydrogen-bond donors (Lipinski definition) is 0. The van der Waals surface area contributed by atoms with Gasteiger partial charge in [-0.3, -0.25) is 0 Å². The van der Waals surface area contributed by atoms with E-state index in [0.29, 0.717) is 13.0 Å². The van der Waals surface area contributed by atoms with Gasteiger partial charge in [0.05, 0.1) is 13.7 Å². The zero-order chi connectivity index (χ0) is 11.6. The fraction of sp³-hybridized carbons (Fsp3) is 0.462. The molecule has 3 heteroatoms. The lowest BCUT2D eigenvalue weighted by Crippen LogP contribution is -1.97. The molecular weight excluding hydrogens is 204 g/mol. The first-order valence-electron chi connectivity index (χ1n) is 5.57. The summed E-state index contributed by atoms with van der Waals surface area (Å²) in [5, 5.41) is 0. The molecule has 0 aliphatic heterocycles. The first-order valence-corrected chi connectivity index (χ1v) is 5.57. The second-order valence-corrected chi connectivity index (χ2v) is 3.54. The number of ether oxygens (including phenoxy) is 2. The molecule has 0 radical (unpaired) electrons. The van der Waals surface area contributed by atoms with E-state index in [4.69, 9.17) is 9.47 Å². The van der Waals surface area contributed by atoms with Crippen molar-refractivity contribution in [3.8, 4) is 11.5 Å². The summed E-state index contributed by atoms with van der Waals surface area (Å²) in [6, 6.07) is 7.54. The van der Waals surface area contributed by atoms with E-state index < -0.39 is 0 Å². The van der Waals surface area contributed by atoms with Gasteiger partial charge < -0.3 is 14.3 Å². The molecule has 0 N–H and O–H groups in total. The van der Waals surface area contributed by atoms with Gasteiger partial charge in [-0.2, -0.15) is 0 Å². The van der Waals surface area contributed by atoms with Gasteiger partial charge in [0.2, 0.25) is 0 Å². The number of aldehydes is 1. The lowest BCUT2D eigenvalue weighted by atomic mass is 10.2. The number of carbonyl (C=O) groups is 1. The predicted molar refractivity (Wildman–Crippen MR) is 63.0 cm³/mol. The first kappa shape index (κ1) is 12.6. The summed E-state index contributed by atoms with van der Waals surface area (Å²) in [6.07, 6.45) is 4.59. The Labute approximate surface area is 96.4 Å². The number of hydrogen-bond acceptors (Lipinski definition) is 3. The lowest BCUT2D eigenvalue weighted by Gasteiger charge is -2.06. The average Bonchev–Trinajstić information content (AvgIpc) is 2.34. The Hall–Kier alpha value is -1.51. The molecule has 0 aliphatic carbocycles. The van der Waals surface area contributed by atoms with E-state index in [1.54, 1.807) is 7.11 Å². The van der Waals surface area contributed by atoms with Crippen LogP contribution in [0.1, 0.15) is 25.7 Å². The average molecular weight is 222 g/mol. The van der Waals surface area contributed by atoms with Gasteiger partial charge in [0.1, 0.15) is 17.8 Å². The molecule has 0 unspecified atom stereocenters. The molecule has 1 aromatic carbocycles. The van der Waals surface area contributed by atoms with Crippen molar-refractivity contribution < 1.29 is 14.3 Å². The molecule has 0 saturated carbocycles. The highest BCUT2D eigenvalue weighted by Crippen LogP contribution is 2.17. The Bertz CT molecular complexity index is 293. The van der Waals surface area contributed by atoms with Gasteiger partial charge in [0.25, 0.3) is 0 Å². The van der Waals surface area contributed by atoms with E-state index in [1.165, 1.54) is 0 Å². The molecular formula is C13H18O3.